The number of nitrogens with one attached hydrogen (secondary N) is 1. The van der Waals surface area contributed by atoms with E-state index in [1.54, 1.807) is 11.8 Å². The lowest BCUT2D eigenvalue weighted by molar-refractivity contribution is -0.119. The van der Waals surface area contributed by atoms with E-state index in [4.69, 9.17) is 11.1 Å². The molecule has 180 valence electrons. The molecule has 1 unspecified atom stereocenters. The normalized spacial score (nSPS) is 30.1. The maximum atomic E-state index is 14.0. The van der Waals surface area contributed by atoms with Gasteiger partial charge in [0.05, 0.1) is 5.69 Å². The quantitative estimate of drug-likeness (QED) is 0.437. The molecule has 3 atom stereocenters. The van der Waals surface area contributed by atoms with Gasteiger partial charge in [0.2, 0.25) is 5.91 Å². The number of thioether (sulfide) groups is 1. The summed E-state index contributed by atoms with van der Waals surface area (Å²) >= 11 is 1.62. The fourth-order valence-corrected chi connectivity index (χ4v) is 7.61. The summed E-state index contributed by atoms with van der Waals surface area (Å²) in [6, 6.07) is 18.1. The first-order chi connectivity index (χ1) is 16.4. The molecule has 34 heavy (non-hydrogen) atoms. The van der Waals surface area contributed by atoms with E-state index in [0.717, 1.165) is 41.8 Å². The molecule has 3 aliphatic rings. The van der Waals surface area contributed by atoms with Crippen LogP contribution in [-0.2, 0) is 4.79 Å². The highest BCUT2D eigenvalue weighted by Gasteiger charge is 2.41. The van der Waals surface area contributed by atoms with Gasteiger partial charge in [0.25, 0.3) is 0 Å². The van der Waals surface area contributed by atoms with E-state index in [-0.39, 0.29) is 23.0 Å². The maximum Gasteiger partial charge on any atom is 0.245 e. The minimum absolute atomic E-state index is 0.0341. The summed E-state index contributed by atoms with van der Waals surface area (Å²) in [6.45, 7) is 4.78. The molecule has 2 fully saturated rings. The number of carbonyl (C=O) groups excluding carboxylic acids is 1. The highest BCUT2D eigenvalue weighted by atomic mass is 32.2. The van der Waals surface area contributed by atoms with Gasteiger partial charge in [0.15, 0.2) is 0 Å². The number of hydrogen-bond acceptors (Lipinski definition) is 4. The molecule has 5 nitrogen and oxygen atoms in total. The second-order valence-corrected chi connectivity index (χ2v) is 11.4. The monoisotopic (exact) mass is 476 g/mol. The Bertz CT molecular complexity index is 1050. The van der Waals surface area contributed by atoms with Crippen LogP contribution in [0.2, 0.25) is 0 Å². The van der Waals surface area contributed by atoms with E-state index in [2.05, 4.69) is 41.8 Å². The first kappa shape index (κ1) is 23.4. The number of para-hydroxylation sites is 1. The van der Waals surface area contributed by atoms with Gasteiger partial charge in [0.1, 0.15) is 11.1 Å². The van der Waals surface area contributed by atoms with E-state index in [1.807, 2.05) is 30.3 Å². The number of nitrogen functional groups attached to an aromatic ring is 1. The van der Waals surface area contributed by atoms with Gasteiger partial charge in [-0.25, -0.2) is 0 Å². The number of amidine groups is 1. The summed E-state index contributed by atoms with van der Waals surface area (Å²) in [5, 5.41) is 7.51. The Morgan fingerprint density at radius 2 is 1.62 bits per heavy atom. The van der Waals surface area contributed by atoms with Gasteiger partial charge in [-0.1, -0.05) is 36.8 Å². The van der Waals surface area contributed by atoms with Crippen LogP contribution < -0.4 is 10.6 Å². The Morgan fingerprint density at radius 1 is 0.941 bits per heavy atom. The number of rotatable bonds is 4. The zero-order valence-electron chi connectivity index (χ0n) is 20.2. The summed E-state index contributed by atoms with van der Waals surface area (Å²) in [7, 11) is 0. The third kappa shape index (κ3) is 4.38. The number of amides is 1. The Labute approximate surface area is 207 Å². The van der Waals surface area contributed by atoms with Crippen molar-refractivity contribution in [3.63, 3.8) is 0 Å². The number of hydrogen-bond donors (Lipinski definition) is 2. The van der Waals surface area contributed by atoms with Crippen LogP contribution in [0.15, 0.2) is 53.4 Å². The van der Waals surface area contributed by atoms with E-state index in [0.29, 0.717) is 23.7 Å². The van der Waals surface area contributed by atoms with Crippen LogP contribution in [0, 0.1) is 5.41 Å². The number of nitrogens with zero attached hydrogens (tertiary/aromatic N) is 2. The molecule has 6 heteroatoms. The highest BCUT2D eigenvalue weighted by molar-refractivity contribution is 8.00. The van der Waals surface area contributed by atoms with Crippen molar-refractivity contribution in [2.24, 2.45) is 5.73 Å². The first-order valence-electron chi connectivity index (χ1n) is 12.7. The lowest BCUT2D eigenvalue weighted by Gasteiger charge is -2.48. The molecule has 5 rings (SSSR count). The van der Waals surface area contributed by atoms with Gasteiger partial charge in [0, 0.05) is 34.6 Å². The van der Waals surface area contributed by atoms with E-state index >= 15 is 0 Å². The number of likely N-dealkylation sites (tertiary alicyclic amines) is 1. The molecule has 1 saturated heterocycles. The van der Waals surface area contributed by atoms with Crippen LogP contribution in [-0.4, -0.2) is 40.8 Å². The van der Waals surface area contributed by atoms with Gasteiger partial charge in [-0.15, -0.1) is 11.8 Å². The largest absolute Gasteiger partial charge is 0.384 e. The van der Waals surface area contributed by atoms with Crippen LogP contribution in [0.1, 0.15) is 75.2 Å². The van der Waals surface area contributed by atoms with Crippen molar-refractivity contribution in [2.45, 2.75) is 93.1 Å². The second-order valence-electron chi connectivity index (χ2n) is 10.3. The molecule has 0 radical (unpaired) electrons. The minimum atomic E-state index is -0.311. The predicted molar refractivity (Wildman–Crippen MR) is 141 cm³/mol. The smallest absolute Gasteiger partial charge is 0.245 e. The maximum absolute atomic E-state index is 14.0. The average Bonchev–Trinajstić information content (AvgIpc) is 2.84. The van der Waals surface area contributed by atoms with Crippen LogP contribution in [0.3, 0.4) is 0 Å². The van der Waals surface area contributed by atoms with Gasteiger partial charge in [-0.3, -0.25) is 15.1 Å². The van der Waals surface area contributed by atoms with Crippen LogP contribution in [0.25, 0.3) is 0 Å². The van der Waals surface area contributed by atoms with Crippen molar-refractivity contribution >= 4 is 29.2 Å². The molecular weight excluding hydrogens is 440 g/mol. The molecule has 1 aliphatic carbocycles. The summed E-state index contributed by atoms with van der Waals surface area (Å²) in [6.07, 6.45) is 8.36. The van der Waals surface area contributed by atoms with Crippen molar-refractivity contribution in [1.82, 2.24) is 4.90 Å². The van der Waals surface area contributed by atoms with Crippen molar-refractivity contribution < 1.29 is 4.79 Å². The van der Waals surface area contributed by atoms with Crippen molar-refractivity contribution in [3.05, 3.63) is 59.7 Å². The molecular formula is C28H36N4OS. The van der Waals surface area contributed by atoms with Crippen molar-refractivity contribution in [1.29, 1.82) is 5.41 Å². The molecule has 0 spiro atoms. The molecule has 2 heterocycles. The zero-order chi connectivity index (χ0) is 23.8. The highest BCUT2D eigenvalue weighted by Crippen LogP contribution is 2.48. The van der Waals surface area contributed by atoms with E-state index in [1.165, 1.54) is 19.3 Å². The Kier molecular flexibility index (Phi) is 6.72. The van der Waals surface area contributed by atoms with Crippen LogP contribution in [0.4, 0.5) is 5.69 Å². The molecule has 1 amide bonds. The Balaban J connectivity index is 1.39. The molecule has 3 N–H and O–H groups in total. The van der Waals surface area contributed by atoms with Gasteiger partial charge < -0.3 is 10.6 Å². The summed E-state index contributed by atoms with van der Waals surface area (Å²) < 4.78 is 0. The number of nitrogens with two attached hydrogens (primary N) is 1. The molecule has 2 aromatic carbocycles. The average molecular weight is 477 g/mol. The van der Waals surface area contributed by atoms with E-state index < -0.39 is 0 Å². The third-order valence-corrected chi connectivity index (χ3v) is 9.36. The fourth-order valence-electron chi connectivity index (χ4n) is 6.41. The molecule has 0 aromatic heterocycles. The number of anilines is 1. The first-order valence-corrected chi connectivity index (χ1v) is 13.6. The third-order valence-electron chi connectivity index (χ3n) is 8.05. The SMILES string of the molecule is C[C@@H]1CCC[C@H](C)N1C1CCC(N2C(=O)C(c3cccc(C(=N)N)c3)Sc3ccccc32)CC1. The lowest BCUT2D eigenvalue weighted by Crippen LogP contribution is -2.53. The molecule has 2 aromatic rings. The number of fused-ring (bicyclic) bond motifs is 1. The topological polar surface area (TPSA) is 73.4 Å². The summed E-state index contributed by atoms with van der Waals surface area (Å²) in [5.74, 6) is 0.194. The second kappa shape index (κ2) is 9.74. The number of benzene rings is 2. The molecule has 1 saturated carbocycles. The Morgan fingerprint density at radius 3 is 2.32 bits per heavy atom. The lowest BCUT2D eigenvalue weighted by atomic mass is 9.85. The summed E-state index contributed by atoms with van der Waals surface area (Å²) in [4.78, 5) is 20.0. The van der Waals surface area contributed by atoms with Crippen molar-refractivity contribution in [2.75, 3.05) is 4.90 Å². The minimum Gasteiger partial charge on any atom is -0.384 e. The fraction of sp³-hybridized carbons (Fsp3) is 0.500. The molecule has 2 aliphatic heterocycles. The standard InChI is InChI=1S/C28H36N4OS/c1-18-7-5-8-19(2)31(18)22-13-15-23(16-14-22)32-24-11-3-4-12-25(24)34-26(28(32)33)20-9-6-10-21(17-20)27(29)30/h3-4,6,9-12,17-19,22-23,26H,5,7-8,13-16H2,1-2H3,(H3,29,30)/t18-,19+,22?,23?,26?. The predicted octanol–water partition coefficient (Wildman–Crippen LogP) is 5.72. The Hall–Kier alpha value is -2.31. The van der Waals surface area contributed by atoms with Crippen LogP contribution >= 0.6 is 11.8 Å². The zero-order valence-corrected chi connectivity index (χ0v) is 21.1. The number of piperidine rings is 1. The van der Waals surface area contributed by atoms with Gasteiger partial charge >= 0.3 is 0 Å². The van der Waals surface area contributed by atoms with E-state index in [9.17, 15) is 4.79 Å². The number of carbonyl (C=O) groups is 1. The van der Waals surface area contributed by atoms with Gasteiger partial charge in [-0.2, -0.15) is 0 Å². The van der Waals surface area contributed by atoms with Gasteiger partial charge in [-0.05, 0) is 76.1 Å². The summed E-state index contributed by atoms with van der Waals surface area (Å²) in [5.41, 5.74) is 8.39. The molecule has 0 bridgehead atoms. The van der Waals surface area contributed by atoms with Crippen molar-refractivity contribution in [3.8, 4) is 0 Å². The van der Waals surface area contributed by atoms with Crippen LogP contribution in [0.5, 0.6) is 0 Å².